The molecule has 1 N–H and O–H groups in total. The lowest BCUT2D eigenvalue weighted by atomic mass is 10.1. The zero-order chi connectivity index (χ0) is 15.7. The van der Waals surface area contributed by atoms with E-state index in [1.807, 2.05) is 6.92 Å². The number of imide groups is 1. The molecule has 1 aromatic heterocycles. The Bertz CT molecular complexity index is 731. The Kier molecular flexibility index (Phi) is 3.46. The van der Waals surface area contributed by atoms with Gasteiger partial charge in [-0.1, -0.05) is 17.2 Å². The smallest absolute Gasteiger partial charge is 0.333 e. The Morgan fingerprint density at radius 3 is 2.41 bits per heavy atom. The van der Waals surface area contributed by atoms with Gasteiger partial charge in [-0.3, -0.25) is 9.59 Å². The predicted molar refractivity (Wildman–Crippen MR) is 74.7 cm³/mol. The average molecular weight is 299 g/mol. The third-order valence-electron chi connectivity index (χ3n) is 3.27. The maximum atomic E-state index is 12.0. The number of carbonyl (C=O) groups is 3. The van der Waals surface area contributed by atoms with Crippen molar-refractivity contribution in [2.45, 2.75) is 19.8 Å². The summed E-state index contributed by atoms with van der Waals surface area (Å²) in [7, 11) is 0. The molecule has 1 aliphatic heterocycles. The summed E-state index contributed by atoms with van der Waals surface area (Å²) in [4.78, 5) is 47.8. The van der Waals surface area contributed by atoms with Gasteiger partial charge in [-0.25, -0.2) is 9.78 Å². The molecule has 2 aromatic rings. The number of imidazole rings is 1. The number of nitrogens with zero attached hydrogens (tertiary/aromatic N) is 2. The van der Waals surface area contributed by atoms with Crippen LogP contribution in [0.1, 0.15) is 38.7 Å². The van der Waals surface area contributed by atoms with Crippen LogP contribution in [0, 0.1) is 6.92 Å². The molecule has 7 nitrogen and oxygen atoms in total. The molecule has 112 valence electrons. The van der Waals surface area contributed by atoms with Crippen molar-refractivity contribution in [1.29, 1.82) is 0 Å². The molecule has 7 heteroatoms. The number of aromatic nitrogens is 2. The molecule has 3 rings (SSSR count). The monoisotopic (exact) mass is 299 g/mol. The number of carbonyl (C=O) groups excluding carboxylic acids is 3. The maximum absolute atomic E-state index is 12.0. The summed E-state index contributed by atoms with van der Waals surface area (Å²) < 4.78 is 0. The summed E-state index contributed by atoms with van der Waals surface area (Å²) in [5.74, 6) is -1.26. The Balaban J connectivity index is 1.63. The molecule has 0 radical (unpaired) electrons. The van der Waals surface area contributed by atoms with Crippen LogP contribution in [0.2, 0.25) is 0 Å². The molecule has 22 heavy (non-hydrogen) atoms. The van der Waals surface area contributed by atoms with Crippen molar-refractivity contribution in [3.05, 3.63) is 53.1 Å². The van der Waals surface area contributed by atoms with Crippen molar-refractivity contribution in [1.82, 2.24) is 15.0 Å². The molecule has 0 fully saturated rings. The van der Waals surface area contributed by atoms with Gasteiger partial charge >= 0.3 is 5.97 Å². The number of hydrogen-bond donors (Lipinski definition) is 1. The van der Waals surface area contributed by atoms with E-state index in [-0.39, 0.29) is 17.5 Å². The van der Waals surface area contributed by atoms with Gasteiger partial charge in [-0.05, 0) is 19.1 Å². The van der Waals surface area contributed by atoms with Crippen LogP contribution in [-0.4, -0.2) is 32.8 Å². The molecular weight excluding hydrogens is 286 g/mol. The van der Waals surface area contributed by atoms with E-state index in [2.05, 4.69) is 9.97 Å². The highest BCUT2D eigenvalue weighted by Gasteiger charge is 2.38. The number of nitrogens with one attached hydrogen (secondary N) is 1. The number of fused-ring (bicyclic) bond motifs is 1. The Hall–Kier alpha value is -2.96. The second-order valence-electron chi connectivity index (χ2n) is 4.93. The third-order valence-corrected chi connectivity index (χ3v) is 3.27. The first-order chi connectivity index (χ1) is 10.6. The Morgan fingerprint density at radius 2 is 1.86 bits per heavy atom. The number of hydrogen-bond acceptors (Lipinski definition) is 5. The van der Waals surface area contributed by atoms with Crippen LogP contribution in [0.5, 0.6) is 0 Å². The standard InChI is InChI=1S/C15H13N3O4/c1-9-8-16-12(17-9)6-7-13(19)22-18-14(20)10-4-2-3-5-11(10)15(18)21/h2-5,8H,6-7H2,1H3,(H,16,17). The molecule has 1 aromatic carbocycles. The predicted octanol–water partition coefficient (Wildman–Crippen LogP) is 1.41. The van der Waals surface area contributed by atoms with E-state index >= 15 is 0 Å². The fourth-order valence-corrected chi connectivity index (χ4v) is 2.21. The third kappa shape index (κ3) is 2.48. The molecule has 0 saturated carbocycles. The van der Waals surface area contributed by atoms with Gasteiger partial charge in [0.25, 0.3) is 11.8 Å². The van der Waals surface area contributed by atoms with Gasteiger partial charge in [0.1, 0.15) is 5.82 Å². The van der Waals surface area contributed by atoms with E-state index in [4.69, 9.17) is 4.84 Å². The van der Waals surface area contributed by atoms with Gasteiger partial charge in [0.15, 0.2) is 0 Å². The molecule has 0 aliphatic carbocycles. The number of aromatic amines is 1. The van der Waals surface area contributed by atoms with E-state index in [9.17, 15) is 14.4 Å². The summed E-state index contributed by atoms with van der Waals surface area (Å²) in [6, 6.07) is 6.34. The van der Waals surface area contributed by atoms with Crippen LogP contribution < -0.4 is 0 Å². The zero-order valence-electron chi connectivity index (χ0n) is 11.8. The molecule has 2 amide bonds. The topological polar surface area (TPSA) is 92.4 Å². The molecule has 0 spiro atoms. The SMILES string of the molecule is Cc1cnc(CCC(=O)ON2C(=O)c3ccccc3C2=O)[nH]1. The minimum absolute atomic E-state index is 0.0142. The molecule has 2 heterocycles. The minimum atomic E-state index is -0.663. The Labute approximate surface area is 125 Å². The first kappa shape index (κ1) is 14.0. The second kappa shape index (κ2) is 5.44. The number of rotatable bonds is 4. The van der Waals surface area contributed by atoms with Crippen molar-refractivity contribution < 1.29 is 19.2 Å². The van der Waals surface area contributed by atoms with Gasteiger partial charge in [-0.15, -0.1) is 0 Å². The maximum Gasteiger partial charge on any atom is 0.333 e. The largest absolute Gasteiger partial charge is 0.346 e. The quantitative estimate of drug-likeness (QED) is 0.862. The first-order valence-corrected chi connectivity index (χ1v) is 6.75. The van der Waals surface area contributed by atoms with Crippen LogP contribution in [0.15, 0.2) is 30.5 Å². The van der Waals surface area contributed by atoms with Crippen molar-refractivity contribution >= 4 is 17.8 Å². The van der Waals surface area contributed by atoms with Crippen molar-refractivity contribution in [2.75, 3.05) is 0 Å². The second-order valence-corrected chi connectivity index (χ2v) is 4.93. The van der Waals surface area contributed by atoms with Gasteiger partial charge in [0, 0.05) is 18.3 Å². The van der Waals surface area contributed by atoms with Gasteiger partial charge in [0.2, 0.25) is 0 Å². The molecular formula is C15H13N3O4. The summed E-state index contributed by atoms with van der Waals surface area (Å²) in [6.45, 7) is 1.85. The van der Waals surface area contributed by atoms with E-state index < -0.39 is 17.8 Å². The minimum Gasteiger partial charge on any atom is -0.346 e. The normalized spacial score (nSPS) is 13.4. The van der Waals surface area contributed by atoms with Gasteiger partial charge < -0.3 is 9.82 Å². The van der Waals surface area contributed by atoms with Crippen LogP contribution in [0.4, 0.5) is 0 Å². The highest BCUT2D eigenvalue weighted by Crippen LogP contribution is 2.22. The van der Waals surface area contributed by atoms with E-state index in [0.29, 0.717) is 17.3 Å². The molecule has 1 aliphatic rings. The number of aryl methyl sites for hydroxylation is 2. The zero-order valence-corrected chi connectivity index (χ0v) is 11.8. The lowest BCUT2D eigenvalue weighted by molar-refractivity contribution is -0.168. The molecule has 0 saturated heterocycles. The van der Waals surface area contributed by atoms with E-state index in [1.165, 1.54) is 12.1 Å². The average Bonchev–Trinajstić information content (AvgIpc) is 3.03. The number of amides is 2. The fourth-order valence-electron chi connectivity index (χ4n) is 2.21. The summed E-state index contributed by atoms with van der Waals surface area (Å²) >= 11 is 0. The van der Waals surface area contributed by atoms with Gasteiger partial charge in [0.05, 0.1) is 17.5 Å². The first-order valence-electron chi connectivity index (χ1n) is 6.75. The van der Waals surface area contributed by atoms with Crippen LogP contribution >= 0.6 is 0 Å². The molecule has 0 atom stereocenters. The highest BCUT2D eigenvalue weighted by molar-refractivity contribution is 6.20. The fraction of sp³-hybridized carbons (Fsp3) is 0.200. The summed E-state index contributed by atoms with van der Waals surface area (Å²) in [6.07, 6.45) is 2.01. The van der Waals surface area contributed by atoms with Crippen molar-refractivity contribution in [3.63, 3.8) is 0 Å². The molecule has 0 unspecified atom stereocenters. The van der Waals surface area contributed by atoms with Crippen LogP contribution in [0.3, 0.4) is 0 Å². The van der Waals surface area contributed by atoms with Crippen LogP contribution in [0.25, 0.3) is 0 Å². The van der Waals surface area contributed by atoms with Crippen molar-refractivity contribution in [2.24, 2.45) is 0 Å². The Morgan fingerprint density at radius 1 is 1.23 bits per heavy atom. The molecule has 0 bridgehead atoms. The van der Waals surface area contributed by atoms with Gasteiger partial charge in [-0.2, -0.15) is 0 Å². The van der Waals surface area contributed by atoms with E-state index in [1.54, 1.807) is 18.3 Å². The lowest BCUT2D eigenvalue weighted by Gasteiger charge is -2.12. The van der Waals surface area contributed by atoms with E-state index in [0.717, 1.165) is 5.69 Å². The highest BCUT2D eigenvalue weighted by atomic mass is 16.7. The number of benzene rings is 1. The van der Waals surface area contributed by atoms with Crippen LogP contribution in [-0.2, 0) is 16.1 Å². The lowest BCUT2D eigenvalue weighted by Crippen LogP contribution is -2.32. The number of hydroxylamine groups is 2. The summed E-state index contributed by atoms with van der Waals surface area (Å²) in [5, 5.41) is 0.514. The number of H-pyrrole nitrogens is 1. The summed E-state index contributed by atoms with van der Waals surface area (Å²) in [5.41, 5.74) is 1.37. The van der Waals surface area contributed by atoms with Crippen molar-refractivity contribution in [3.8, 4) is 0 Å².